The molecule has 4 aromatic rings. The molecule has 0 aliphatic carbocycles. The lowest BCUT2D eigenvalue weighted by Crippen LogP contribution is -2.44. The van der Waals surface area contributed by atoms with Crippen molar-refractivity contribution >= 4 is 125 Å². The van der Waals surface area contributed by atoms with Crippen LogP contribution in [0.2, 0.25) is 0 Å². The van der Waals surface area contributed by atoms with Gasteiger partial charge in [-0.1, -0.05) is 135 Å². The van der Waals surface area contributed by atoms with E-state index in [1.165, 1.54) is 125 Å². The van der Waals surface area contributed by atoms with E-state index in [2.05, 4.69) is 54.8 Å². The Hall–Kier alpha value is -7.32. The van der Waals surface area contributed by atoms with Crippen LogP contribution in [0.4, 0.5) is 0 Å². The fourth-order valence-corrected chi connectivity index (χ4v) is 9.06. The van der Waals surface area contributed by atoms with Gasteiger partial charge in [0.25, 0.3) is 0 Å². The monoisotopic (exact) mass is 1790 g/mol. The first-order valence-electron chi connectivity index (χ1n) is 34.0. The summed E-state index contributed by atoms with van der Waals surface area (Å²) >= 11 is 5.66. The predicted molar refractivity (Wildman–Crippen MR) is 440 cm³/mol. The number of carbonyl (C=O) groups is 7. The highest BCUT2D eigenvalue weighted by molar-refractivity contribution is 7.92. The number of H-pyrrole nitrogens is 4. The molecule has 4 aromatic heterocycles. The molecule has 0 radical (unpaired) electrons. The van der Waals surface area contributed by atoms with Crippen molar-refractivity contribution in [2.45, 2.75) is 297 Å². The first-order chi connectivity index (χ1) is 49.4. The quantitative estimate of drug-likeness (QED) is 0.0879. The highest BCUT2D eigenvalue weighted by Gasteiger charge is 2.34. The van der Waals surface area contributed by atoms with Gasteiger partial charge in [0.2, 0.25) is 85.6 Å². The largest absolute Gasteiger partial charge is 0.481 e. The van der Waals surface area contributed by atoms with Gasteiger partial charge in [-0.25, -0.2) is 56.8 Å². The number of tetrazole rings is 1. The molecule has 0 aliphatic heterocycles. The van der Waals surface area contributed by atoms with Crippen LogP contribution >= 0.6 is 23.8 Å². The van der Waals surface area contributed by atoms with Crippen LogP contribution in [0.1, 0.15) is 279 Å². The molecule has 0 bridgehead atoms. The Morgan fingerprint density at radius 3 is 0.860 bits per heavy atom. The summed E-state index contributed by atoms with van der Waals surface area (Å²) in [5, 5.41) is 28.0. The lowest BCUT2D eigenvalue weighted by Gasteiger charge is -2.19. The van der Waals surface area contributed by atoms with Crippen LogP contribution in [0.15, 0.2) is 18.6 Å². The minimum Gasteiger partial charge on any atom is -0.481 e. The molecule has 668 valence electrons. The molecule has 0 atom stereocenters. The number of hydrogen-bond acceptors (Lipinski definition) is 31. The van der Waals surface area contributed by atoms with Gasteiger partial charge in [-0.2, -0.15) is 27.3 Å². The van der Waals surface area contributed by atoms with Gasteiger partial charge >= 0.3 is 31.6 Å². The number of amides is 6. The molecule has 0 aliphatic rings. The van der Waals surface area contributed by atoms with Gasteiger partial charge in [0, 0.05) is 85.8 Å². The molecule has 11 N–H and O–H groups in total. The van der Waals surface area contributed by atoms with E-state index >= 15 is 0 Å². The van der Waals surface area contributed by atoms with Crippen LogP contribution in [-0.4, -0.2) is 191 Å². The average molecular weight is 1790 g/mol. The SMILES string of the molecule is CC(=O)NS(=O)(=O)C(C)(C)C.CC(=O)NS(=O)(=O)C(C)(C)C.CC(=O)NS(=O)(=O)C(C)(C)C.CC(=O)NS(=O)(=O)C(C)(C)C.CC(C)(C)C(=O)NS(C)(=O)=O.CC(C)(C)C(=O)O.CC(C)(C)c1nc(=S)o[nH]1.CC(C)(C)c1nn[nH]n1.CC(C)(C)c1noc(=O)[nH]1.CC(C)(C)c1nsc(=O)[nH]1.CN(C)S(=O)(=O)NC(=O)C(C)(C)C. The molecular weight excluding hydrogens is 1660 g/mol. The molecule has 4 rings (SSSR count). The maximum Gasteiger partial charge on any atom is 0.438 e. The molecule has 41 nitrogen and oxygen atoms in total. The van der Waals surface area contributed by atoms with Crippen LogP contribution in [0.5, 0.6) is 0 Å². The number of aliphatic carboxylic acids is 1. The van der Waals surface area contributed by atoms with Crippen molar-refractivity contribution in [3.8, 4) is 0 Å². The maximum atomic E-state index is 11.3. The lowest BCUT2D eigenvalue weighted by atomic mass is 9.96. The summed E-state index contributed by atoms with van der Waals surface area (Å²) in [6.07, 6.45) is 0.955. The summed E-state index contributed by atoms with van der Waals surface area (Å²) in [5.41, 5.74) is -2.15. The third-order valence-electron chi connectivity index (χ3n) is 11.8. The second kappa shape index (κ2) is 46.0. The molecule has 0 fully saturated rings. The molecular formula is C65H131N17O24S8. The van der Waals surface area contributed by atoms with Crippen molar-refractivity contribution in [3.63, 3.8) is 0 Å². The summed E-state index contributed by atoms with van der Waals surface area (Å²) in [7, 11) is -18.3. The summed E-state index contributed by atoms with van der Waals surface area (Å²) < 4.78 is 154. The highest BCUT2D eigenvalue weighted by Crippen LogP contribution is 2.21. The Balaban J connectivity index is -0.000000221. The Labute approximate surface area is 684 Å². The van der Waals surface area contributed by atoms with Crippen LogP contribution in [0.3, 0.4) is 0 Å². The zero-order valence-corrected chi connectivity index (χ0v) is 80.3. The van der Waals surface area contributed by atoms with Crippen LogP contribution in [0.25, 0.3) is 0 Å². The summed E-state index contributed by atoms with van der Waals surface area (Å²) in [4.78, 5) is 104. The third kappa shape index (κ3) is 56.9. The van der Waals surface area contributed by atoms with Crippen molar-refractivity contribution in [1.82, 2.24) is 82.9 Å². The minimum atomic E-state index is -3.65. The molecule has 49 heteroatoms. The summed E-state index contributed by atoms with van der Waals surface area (Å²) in [6.45, 7) is 62.0. The Morgan fingerprint density at radius 1 is 0.447 bits per heavy atom. The van der Waals surface area contributed by atoms with E-state index in [9.17, 15) is 93.7 Å². The number of rotatable bonds is 7. The number of nitrogens with zero attached hydrogens (tertiary/aromatic N) is 7. The Bertz CT molecular complexity index is 4230. The topological polar surface area (TPSA) is 621 Å². The number of carboxylic acids is 1. The molecule has 0 unspecified atom stereocenters. The van der Waals surface area contributed by atoms with Gasteiger partial charge in [-0.05, 0) is 116 Å². The zero-order valence-electron chi connectivity index (χ0n) is 73.7. The van der Waals surface area contributed by atoms with Gasteiger partial charge < -0.3 is 9.63 Å². The Kier molecular flexibility index (Phi) is 48.4. The van der Waals surface area contributed by atoms with Gasteiger partial charge in [-0.15, -0.1) is 10.2 Å². The molecule has 0 spiro atoms. The molecule has 6 amide bonds. The molecule has 114 heavy (non-hydrogen) atoms. The smallest absolute Gasteiger partial charge is 0.438 e. The van der Waals surface area contributed by atoms with Crippen LogP contribution in [0, 0.1) is 21.1 Å². The number of aromatic amines is 4. The lowest BCUT2D eigenvalue weighted by molar-refractivity contribution is -0.146. The first kappa shape index (κ1) is 120. The first-order valence-corrected chi connectivity index (χ1v) is 44.4. The average Bonchev–Trinajstić information content (AvgIpc) is 1.64. The van der Waals surface area contributed by atoms with Crippen molar-refractivity contribution in [1.29, 1.82) is 0 Å². The maximum absolute atomic E-state index is 11.3. The standard InChI is InChI=1S/C7H16N2O3S.C6H10N2O2.2C6H10N2OS.5C6H13NO3S.C5H10N4.C5H10O2/c1-7(2,3)6(10)8-13(11,12)9(4)5;2*1-6(2,3)4-7-5(9)10-8-4;1-6(2,3)4-7-5(10)9-8-4;1-6(2,3)5(8)7-11(4,9)10;4*1-5(8)7-11(9,10)6(2,3)4;1-5(2,3)4-6-8-9-7-4;1-5(2,3)4(6)7/h1-5H3,(H,8,10);2*1-3H3,(H,7,8,9);1-3H3,(H,7,8,10);5*1-4H3,(H,7,8);1-3H3,(H,6,7,8,9);1-3H3,(H,6,7). The number of carbonyl (C=O) groups excluding carboxylic acids is 6. The fraction of sp³-hybridized carbons (Fsp3) is 0.785. The molecule has 0 saturated carbocycles. The Morgan fingerprint density at radius 2 is 0.746 bits per heavy atom. The highest BCUT2D eigenvalue weighted by atomic mass is 32.2. The summed E-state index contributed by atoms with van der Waals surface area (Å²) in [6, 6.07) is 0. The molecule has 4 heterocycles. The number of aromatic nitrogens is 10. The van der Waals surface area contributed by atoms with Gasteiger partial charge in [0.05, 0.1) is 30.7 Å². The fourth-order valence-electron chi connectivity index (χ4n) is 4.19. The van der Waals surface area contributed by atoms with E-state index < -0.39 is 143 Å². The zero-order chi connectivity index (χ0) is 93.6. The van der Waals surface area contributed by atoms with Gasteiger partial charge in [0.1, 0.15) is 11.6 Å². The van der Waals surface area contributed by atoms with Crippen molar-refractivity contribution in [3.05, 3.63) is 48.4 Å². The minimum absolute atomic E-state index is 0.00694. The van der Waals surface area contributed by atoms with E-state index in [4.69, 9.17) is 21.8 Å². The second-order valence-corrected chi connectivity index (χ2v) is 50.1. The number of hydrogen-bond donors (Lipinski definition) is 11. The molecule has 0 aromatic carbocycles. The van der Waals surface area contributed by atoms with Crippen LogP contribution < -0.4 is 39.0 Å². The molecule has 0 saturated heterocycles. The number of sulfonamides is 5. The van der Waals surface area contributed by atoms with Crippen molar-refractivity contribution in [2.24, 2.45) is 16.2 Å². The number of nitrogens with one attached hydrogen (secondary N) is 10. The van der Waals surface area contributed by atoms with Gasteiger partial charge in [0.15, 0.2) is 11.6 Å². The van der Waals surface area contributed by atoms with E-state index in [0.717, 1.165) is 39.6 Å². The van der Waals surface area contributed by atoms with E-state index in [1.807, 2.05) is 111 Å². The third-order valence-corrected chi connectivity index (χ3v) is 23.1. The van der Waals surface area contributed by atoms with Crippen molar-refractivity contribution in [2.75, 3.05) is 20.4 Å². The predicted octanol–water partition coefficient (Wildman–Crippen LogP) is 6.50. The number of carboxylic acid groups (broad SMARTS) is 1. The van der Waals surface area contributed by atoms with Gasteiger partial charge in [-0.3, -0.25) is 76.5 Å². The van der Waals surface area contributed by atoms with Crippen LogP contribution in [-0.2, 0) is 116 Å². The van der Waals surface area contributed by atoms with E-state index in [1.54, 1.807) is 62.3 Å². The van der Waals surface area contributed by atoms with Crippen molar-refractivity contribution < 1.29 is 98.2 Å². The summed E-state index contributed by atoms with van der Waals surface area (Å²) in [5.74, 6) is -1.58. The van der Waals surface area contributed by atoms with E-state index in [0.29, 0.717) is 5.82 Å². The normalized spacial score (nSPS) is 12.4. The van der Waals surface area contributed by atoms with E-state index in [-0.39, 0.29) is 31.4 Å². The second-order valence-electron chi connectivity index (χ2n) is 35.6.